The lowest BCUT2D eigenvalue weighted by Gasteiger charge is -2.02. The molecule has 0 saturated heterocycles. The average Bonchev–Trinajstić information content (AvgIpc) is 2.72. The first kappa shape index (κ1) is 8.91. The number of pyridine rings is 1. The van der Waals surface area contributed by atoms with E-state index in [1.807, 2.05) is 42.6 Å². The van der Waals surface area contributed by atoms with Crippen LogP contribution in [0.1, 0.15) is 0 Å². The van der Waals surface area contributed by atoms with Crippen LogP contribution in [0.4, 0.5) is 5.82 Å². The van der Waals surface area contributed by atoms with Gasteiger partial charge in [-0.3, -0.25) is 0 Å². The fourth-order valence-corrected chi connectivity index (χ4v) is 1.71. The van der Waals surface area contributed by atoms with Gasteiger partial charge in [0.1, 0.15) is 5.82 Å². The minimum absolute atomic E-state index is 0.497. The smallest absolute Gasteiger partial charge is 0.156 e. The first-order valence-corrected chi connectivity index (χ1v) is 5.00. The van der Waals surface area contributed by atoms with E-state index in [-0.39, 0.29) is 0 Å². The van der Waals surface area contributed by atoms with E-state index in [4.69, 9.17) is 5.73 Å². The Morgan fingerprint density at radius 1 is 1.00 bits per heavy atom. The van der Waals surface area contributed by atoms with Crippen LogP contribution in [-0.2, 0) is 0 Å². The molecule has 0 aliphatic rings. The zero-order chi connectivity index (χ0) is 11.0. The summed E-state index contributed by atoms with van der Waals surface area (Å²) < 4.78 is 1.78. The van der Waals surface area contributed by atoms with Crippen molar-refractivity contribution < 1.29 is 0 Å². The summed E-state index contributed by atoms with van der Waals surface area (Å²) in [5.41, 5.74) is 6.68. The Morgan fingerprint density at radius 3 is 2.75 bits per heavy atom. The molecule has 0 unspecified atom stereocenters. The third kappa shape index (κ3) is 1.32. The summed E-state index contributed by atoms with van der Waals surface area (Å²) in [6.45, 7) is 0. The molecule has 4 nitrogen and oxygen atoms in total. The number of nitrogens with zero attached hydrogens (tertiary/aromatic N) is 3. The quantitative estimate of drug-likeness (QED) is 0.668. The molecule has 4 heteroatoms. The minimum atomic E-state index is 0.497. The molecule has 0 aliphatic carbocycles. The summed E-state index contributed by atoms with van der Waals surface area (Å²) in [7, 11) is 0. The van der Waals surface area contributed by atoms with Crippen LogP contribution in [0, 0.1) is 0 Å². The lowest BCUT2D eigenvalue weighted by molar-refractivity contribution is 0.877. The Bertz CT molecular complexity index is 642. The van der Waals surface area contributed by atoms with Gasteiger partial charge < -0.3 is 5.73 Å². The number of anilines is 1. The molecule has 2 heterocycles. The summed E-state index contributed by atoms with van der Waals surface area (Å²) >= 11 is 0. The van der Waals surface area contributed by atoms with Gasteiger partial charge in [-0.15, -0.1) is 0 Å². The van der Waals surface area contributed by atoms with E-state index in [2.05, 4.69) is 10.1 Å². The van der Waals surface area contributed by atoms with Gasteiger partial charge >= 0.3 is 0 Å². The zero-order valence-electron chi connectivity index (χ0n) is 8.54. The largest absolute Gasteiger partial charge is 0.384 e. The molecule has 2 aromatic heterocycles. The number of aromatic nitrogens is 3. The molecule has 0 amide bonds. The van der Waals surface area contributed by atoms with Crippen molar-refractivity contribution >= 4 is 16.7 Å². The number of rotatable bonds is 1. The van der Waals surface area contributed by atoms with Crippen LogP contribution in [0.25, 0.3) is 16.7 Å². The maximum atomic E-state index is 5.66. The van der Waals surface area contributed by atoms with E-state index < -0.39 is 0 Å². The molecule has 0 spiro atoms. The summed E-state index contributed by atoms with van der Waals surface area (Å²) in [5.74, 6) is 1.23. The van der Waals surface area contributed by atoms with Crippen molar-refractivity contribution in [2.75, 3.05) is 5.73 Å². The number of fused-ring (bicyclic) bond motifs is 1. The van der Waals surface area contributed by atoms with E-state index in [1.165, 1.54) is 0 Å². The van der Waals surface area contributed by atoms with Crippen molar-refractivity contribution in [3.05, 3.63) is 48.7 Å². The third-order valence-corrected chi connectivity index (χ3v) is 2.45. The monoisotopic (exact) mass is 210 g/mol. The molecule has 0 fully saturated rings. The van der Waals surface area contributed by atoms with Crippen LogP contribution in [0.2, 0.25) is 0 Å². The predicted octanol–water partition coefficient (Wildman–Crippen LogP) is 2.00. The first-order chi connectivity index (χ1) is 7.84. The van der Waals surface area contributed by atoms with Gasteiger partial charge in [0.25, 0.3) is 0 Å². The van der Waals surface area contributed by atoms with Crippen LogP contribution >= 0.6 is 0 Å². The lowest BCUT2D eigenvalue weighted by atomic mass is 10.2. The van der Waals surface area contributed by atoms with E-state index in [0.717, 1.165) is 16.7 Å². The van der Waals surface area contributed by atoms with E-state index in [1.54, 1.807) is 10.7 Å². The number of benzene rings is 1. The molecule has 2 N–H and O–H groups in total. The Morgan fingerprint density at radius 2 is 1.88 bits per heavy atom. The van der Waals surface area contributed by atoms with Crippen molar-refractivity contribution in [3.63, 3.8) is 0 Å². The minimum Gasteiger partial charge on any atom is -0.384 e. The Balaban J connectivity index is 2.26. The number of para-hydroxylation sites is 1. The summed E-state index contributed by atoms with van der Waals surface area (Å²) in [6.07, 6.45) is 1.82. The van der Waals surface area contributed by atoms with Gasteiger partial charge in [0.05, 0.1) is 11.7 Å². The van der Waals surface area contributed by atoms with Gasteiger partial charge in [-0.1, -0.05) is 24.3 Å². The predicted molar refractivity (Wildman–Crippen MR) is 63.3 cm³/mol. The normalized spacial score (nSPS) is 10.8. The van der Waals surface area contributed by atoms with E-state index in [0.29, 0.717) is 5.82 Å². The van der Waals surface area contributed by atoms with Crippen molar-refractivity contribution in [2.24, 2.45) is 0 Å². The molecule has 0 bridgehead atoms. The van der Waals surface area contributed by atoms with Gasteiger partial charge in [0.15, 0.2) is 5.82 Å². The summed E-state index contributed by atoms with van der Waals surface area (Å²) in [5, 5.41) is 5.39. The molecule has 78 valence electrons. The maximum absolute atomic E-state index is 5.66. The highest BCUT2D eigenvalue weighted by Gasteiger charge is 2.04. The fourth-order valence-electron chi connectivity index (χ4n) is 1.71. The van der Waals surface area contributed by atoms with E-state index in [9.17, 15) is 0 Å². The maximum Gasteiger partial charge on any atom is 0.156 e. The third-order valence-electron chi connectivity index (χ3n) is 2.45. The average molecular weight is 210 g/mol. The number of nitrogen functional groups attached to an aromatic ring is 1. The molecule has 3 aromatic rings. The molecule has 0 radical (unpaired) electrons. The van der Waals surface area contributed by atoms with Gasteiger partial charge in [0, 0.05) is 5.39 Å². The van der Waals surface area contributed by atoms with Crippen molar-refractivity contribution in [2.45, 2.75) is 0 Å². The fraction of sp³-hybridized carbons (Fsp3) is 0. The topological polar surface area (TPSA) is 56.7 Å². The number of nitrogens with two attached hydrogens (primary N) is 1. The zero-order valence-corrected chi connectivity index (χ0v) is 8.54. The Labute approximate surface area is 92.3 Å². The van der Waals surface area contributed by atoms with Crippen LogP contribution in [0.3, 0.4) is 0 Å². The van der Waals surface area contributed by atoms with Crippen LogP contribution in [0.15, 0.2) is 48.7 Å². The Kier molecular flexibility index (Phi) is 1.86. The second-order valence-corrected chi connectivity index (χ2v) is 3.54. The van der Waals surface area contributed by atoms with Crippen molar-refractivity contribution in [1.82, 2.24) is 14.8 Å². The number of hydrogen-bond acceptors (Lipinski definition) is 3. The van der Waals surface area contributed by atoms with E-state index >= 15 is 0 Å². The Hall–Kier alpha value is -2.36. The van der Waals surface area contributed by atoms with Gasteiger partial charge in [-0.2, -0.15) is 5.10 Å². The van der Waals surface area contributed by atoms with Crippen LogP contribution in [0.5, 0.6) is 0 Å². The summed E-state index contributed by atoms with van der Waals surface area (Å²) in [4.78, 5) is 4.24. The van der Waals surface area contributed by atoms with Crippen molar-refractivity contribution in [3.8, 4) is 5.82 Å². The molecule has 0 atom stereocenters. The SMILES string of the molecule is Nc1cccc(-n2ncc3ccccc32)n1. The molecule has 0 saturated carbocycles. The van der Waals surface area contributed by atoms with Gasteiger partial charge in [0.2, 0.25) is 0 Å². The van der Waals surface area contributed by atoms with Crippen molar-refractivity contribution in [1.29, 1.82) is 0 Å². The second-order valence-electron chi connectivity index (χ2n) is 3.54. The van der Waals surface area contributed by atoms with Gasteiger partial charge in [-0.05, 0) is 18.2 Å². The highest BCUT2D eigenvalue weighted by atomic mass is 15.3. The first-order valence-electron chi connectivity index (χ1n) is 5.00. The van der Waals surface area contributed by atoms with Gasteiger partial charge in [-0.25, -0.2) is 9.67 Å². The summed E-state index contributed by atoms with van der Waals surface area (Å²) in [6, 6.07) is 13.5. The molecule has 1 aromatic carbocycles. The highest BCUT2D eigenvalue weighted by Crippen LogP contribution is 2.16. The highest BCUT2D eigenvalue weighted by molar-refractivity contribution is 5.79. The lowest BCUT2D eigenvalue weighted by Crippen LogP contribution is -2.01. The molecule has 3 rings (SSSR count). The molecule has 16 heavy (non-hydrogen) atoms. The molecular formula is C12H10N4. The second kappa shape index (κ2) is 3.34. The molecule has 0 aliphatic heterocycles. The van der Waals surface area contributed by atoms with Crippen LogP contribution < -0.4 is 5.73 Å². The number of hydrogen-bond donors (Lipinski definition) is 1. The van der Waals surface area contributed by atoms with Crippen LogP contribution in [-0.4, -0.2) is 14.8 Å². The molecular weight excluding hydrogens is 200 g/mol. The standard InChI is InChI=1S/C12H10N4/c13-11-6-3-7-12(15-11)16-10-5-2-1-4-9(10)8-14-16/h1-8H,(H2,13,15).